The Kier molecular flexibility index (Phi) is 4.16. The molecule has 1 heterocycles. The first-order valence-electron chi connectivity index (χ1n) is 5.91. The van der Waals surface area contributed by atoms with E-state index in [2.05, 4.69) is 17.3 Å². The van der Waals surface area contributed by atoms with E-state index in [4.69, 9.17) is 11.6 Å². The van der Waals surface area contributed by atoms with Gasteiger partial charge < -0.3 is 10.2 Å². The number of nitrogens with zero attached hydrogens (tertiary/aromatic N) is 2. The van der Waals surface area contributed by atoms with Crippen LogP contribution in [-0.4, -0.2) is 36.0 Å². The summed E-state index contributed by atoms with van der Waals surface area (Å²) in [5.74, 6) is 0. The zero-order chi connectivity index (χ0) is 13.1. The van der Waals surface area contributed by atoms with Crippen LogP contribution in [0.3, 0.4) is 0 Å². The summed E-state index contributed by atoms with van der Waals surface area (Å²) in [7, 11) is 2.08. The van der Waals surface area contributed by atoms with Gasteiger partial charge in [0.15, 0.2) is 0 Å². The number of hydrogen-bond acceptors (Lipinski definition) is 4. The fraction of sp³-hybridized carbons (Fsp3) is 0.500. The minimum Gasteiger partial charge on any atom is -0.308 e. The van der Waals surface area contributed by atoms with E-state index in [1.807, 2.05) is 0 Å². The van der Waals surface area contributed by atoms with Crippen LogP contribution in [0.2, 0.25) is 5.02 Å². The number of likely N-dealkylation sites (N-methyl/N-ethyl adjacent to an activating group) is 1. The van der Waals surface area contributed by atoms with Crippen molar-refractivity contribution in [2.24, 2.45) is 0 Å². The number of nitro groups is 1. The van der Waals surface area contributed by atoms with Crippen LogP contribution in [0.5, 0.6) is 0 Å². The summed E-state index contributed by atoms with van der Waals surface area (Å²) in [6.07, 6.45) is 1.08. The molecule has 0 bridgehead atoms. The molecule has 0 saturated carbocycles. The topological polar surface area (TPSA) is 58.4 Å². The summed E-state index contributed by atoms with van der Waals surface area (Å²) in [4.78, 5) is 12.8. The highest BCUT2D eigenvalue weighted by Gasteiger charge is 2.20. The van der Waals surface area contributed by atoms with Gasteiger partial charge in [0.25, 0.3) is 5.69 Å². The Morgan fingerprint density at radius 2 is 2.39 bits per heavy atom. The Hall–Kier alpha value is -1.17. The van der Waals surface area contributed by atoms with Crippen LogP contribution in [0.1, 0.15) is 12.0 Å². The van der Waals surface area contributed by atoms with E-state index in [9.17, 15) is 10.1 Å². The summed E-state index contributed by atoms with van der Waals surface area (Å²) in [5, 5.41) is 14.7. The highest BCUT2D eigenvalue weighted by molar-refractivity contribution is 6.30. The van der Waals surface area contributed by atoms with Crippen molar-refractivity contribution in [3.63, 3.8) is 0 Å². The molecule has 1 aliphatic rings. The molecule has 0 radical (unpaired) electrons. The van der Waals surface area contributed by atoms with E-state index in [-0.39, 0.29) is 10.6 Å². The number of likely N-dealkylation sites (tertiary alicyclic amines) is 1. The maximum Gasteiger partial charge on any atom is 0.275 e. The van der Waals surface area contributed by atoms with Gasteiger partial charge in [0, 0.05) is 35.8 Å². The zero-order valence-electron chi connectivity index (χ0n) is 10.2. The van der Waals surface area contributed by atoms with E-state index in [1.54, 1.807) is 12.1 Å². The molecule has 0 spiro atoms. The second-order valence-electron chi connectivity index (χ2n) is 4.66. The van der Waals surface area contributed by atoms with Gasteiger partial charge >= 0.3 is 0 Å². The zero-order valence-corrected chi connectivity index (χ0v) is 11.0. The van der Waals surface area contributed by atoms with Crippen molar-refractivity contribution in [2.45, 2.75) is 19.0 Å². The first kappa shape index (κ1) is 13.3. The predicted molar refractivity (Wildman–Crippen MR) is 70.8 cm³/mol. The van der Waals surface area contributed by atoms with Crippen LogP contribution in [0.4, 0.5) is 5.69 Å². The molecule has 6 heteroatoms. The second-order valence-corrected chi connectivity index (χ2v) is 5.10. The maximum absolute atomic E-state index is 10.9. The van der Waals surface area contributed by atoms with Crippen LogP contribution in [0.25, 0.3) is 0 Å². The third-order valence-electron chi connectivity index (χ3n) is 3.22. The van der Waals surface area contributed by atoms with Crippen molar-refractivity contribution < 1.29 is 4.92 Å². The Bertz CT molecular complexity index is 453. The fourth-order valence-electron chi connectivity index (χ4n) is 2.21. The molecule has 18 heavy (non-hydrogen) atoms. The normalized spacial score (nSPS) is 20.2. The molecule has 1 N–H and O–H groups in total. The lowest BCUT2D eigenvalue weighted by atomic mass is 10.1. The predicted octanol–water partition coefficient (Wildman–Crippen LogP) is 2.04. The average molecular weight is 270 g/mol. The Balaban J connectivity index is 2.02. The first-order valence-corrected chi connectivity index (χ1v) is 6.29. The largest absolute Gasteiger partial charge is 0.308 e. The number of rotatable bonds is 4. The van der Waals surface area contributed by atoms with Crippen LogP contribution in [-0.2, 0) is 6.54 Å². The molecule has 0 amide bonds. The Morgan fingerprint density at radius 1 is 1.61 bits per heavy atom. The van der Waals surface area contributed by atoms with Crippen LogP contribution in [0.15, 0.2) is 18.2 Å². The van der Waals surface area contributed by atoms with E-state index in [1.165, 1.54) is 6.07 Å². The summed E-state index contributed by atoms with van der Waals surface area (Å²) in [5.41, 5.74) is 0.764. The molecule has 1 saturated heterocycles. The molecular formula is C12H16ClN3O2. The minimum atomic E-state index is -0.385. The lowest BCUT2D eigenvalue weighted by molar-refractivity contribution is -0.385. The van der Waals surface area contributed by atoms with Crippen molar-refractivity contribution in [1.29, 1.82) is 0 Å². The molecule has 98 valence electrons. The van der Waals surface area contributed by atoms with Gasteiger partial charge in [-0.15, -0.1) is 0 Å². The lowest BCUT2D eigenvalue weighted by Gasteiger charge is -2.12. The lowest BCUT2D eigenvalue weighted by Crippen LogP contribution is -2.31. The SMILES string of the molecule is CN1CCC(NCc2ccc(Cl)cc2[N+](=O)[O-])C1. The summed E-state index contributed by atoms with van der Waals surface area (Å²) in [6.45, 7) is 2.56. The molecule has 1 aliphatic heterocycles. The van der Waals surface area contributed by atoms with Gasteiger partial charge in [0.1, 0.15) is 0 Å². The summed E-state index contributed by atoms with van der Waals surface area (Å²) < 4.78 is 0. The average Bonchev–Trinajstić information content (AvgIpc) is 2.73. The van der Waals surface area contributed by atoms with Gasteiger partial charge in [-0.3, -0.25) is 10.1 Å². The minimum absolute atomic E-state index is 0.0846. The number of nitrogens with one attached hydrogen (secondary N) is 1. The molecule has 5 nitrogen and oxygen atoms in total. The molecule has 0 aliphatic carbocycles. The monoisotopic (exact) mass is 269 g/mol. The number of hydrogen-bond donors (Lipinski definition) is 1. The van der Waals surface area contributed by atoms with Crippen molar-refractivity contribution in [2.75, 3.05) is 20.1 Å². The number of nitro benzene ring substituents is 1. The van der Waals surface area contributed by atoms with E-state index in [0.717, 1.165) is 19.5 Å². The molecule has 1 unspecified atom stereocenters. The molecule has 2 rings (SSSR count). The van der Waals surface area contributed by atoms with Crippen molar-refractivity contribution in [3.8, 4) is 0 Å². The van der Waals surface area contributed by atoms with Crippen molar-refractivity contribution >= 4 is 17.3 Å². The summed E-state index contributed by atoms with van der Waals surface area (Å²) >= 11 is 5.78. The van der Waals surface area contributed by atoms with Gasteiger partial charge in [-0.1, -0.05) is 11.6 Å². The van der Waals surface area contributed by atoms with Crippen molar-refractivity contribution in [3.05, 3.63) is 38.9 Å². The molecule has 1 aromatic carbocycles. The highest BCUT2D eigenvalue weighted by Crippen LogP contribution is 2.23. The number of halogens is 1. The highest BCUT2D eigenvalue weighted by atomic mass is 35.5. The maximum atomic E-state index is 10.9. The van der Waals surface area contributed by atoms with Crippen LogP contribution < -0.4 is 5.32 Å². The molecule has 0 aromatic heterocycles. The van der Waals surface area contributed by atoms with E-state index < -0.39 is 0 Å². The molecule has 1 fully saturated rings. The van der Waals surface area contributed by atoms with Gasteiger partial charge in [-0.25, -0.2) is 0 Å². The number of benzene rings is 1. The van der Waals surface area contributed by atoms with Crippen molar-refractivity contribution in [1.82, 2.24) is 10.2 Å². The second kappa shape index (κ2) is 5.65. The molecule has 1 aromatic rings. The van der Waals surface area contributed by atoms with Gasteiger partial charge in [0.2, 0.25) is 0 Å². The van der Waals surface area contributed by atoms with Gasteiger partial charge in [0.05, 0.1) is 4.92 Å². The van der Waals surface area contributed by atoms with E-state index >= 15 is 0 Å². The fourth-order valence-corrected chi connectivity index (χ4v) is 2.38. The molecule has 1 atom stereocenters. The van der Waals surface area contributed by atoms with E-state index in [0.29, 0.717) is 23.2 Å². The van der Waals surface area contributed by atoms with Gasteiger partial charge in [-0.05, 0) is 32.1 Å². The van der Waals surface area contributed by atoms with Crippen LogP contribution >= 0.6 is 11.6 Å². The summed E-state index contributed by atoms with van der Waals surface area (Å²) in [6, 6.07) is 5.21. The van der Waals surface area contributed by atoms with Gasteiger partial charge in [-0.2, -0.15) is 0 Å². The Labute approximate surface area is 111 Å². The molecular weight excluding hydrogens is 254 g/mol. The smallest absolute Gasteiger partial charge is 0.275 e. The first-order chi connectivity index (χ1) is 8.56. The quantitative estimate of drug-likeness (QED) is 0.671. The standard InChI is InChI=1S/C12H16ClN3O2/c1-15-5-4-11(8-15)14-7-9-2-3-10(13)6-12(9)16(17)18/h2-3,6,11,14H,4-5,7-8H2,1H3. The third-order valence-corrected chi connectivity index (χ3v) is 3.45. The third kappa shape index (κ3) is 3.19. The Morgan fingerprint density at radius 3 is 3.00 bits per heavy atom. The van der Waals surface area contributed by atoms with Crippen LogP contribution in [0, 0.1) is 10.1 Å².